The topological polar surface area (TPSA) is 42.0 Å². The van der Waals surface area contributed by atoms with E-state index in [-0.39, 0.29) is 10.7 Å². The number of thiazole rings is 1. The lowest BCUT2D eigenvalue weighted by Crippen LogP contribution is -2.29. The van der Waals surface area contributed by atoms with Crippen LogP contribution in [-0.2, 0) is 6.18 Å². The third kappa shape index (κ3) is 2.35. The average Bonchev–Trinajstić information content (AvgIpc) is 2.84. The number of nitrogens with one attached hydrogen (secondary N) is 1. The van der Waals surface area contributed by atoms with E-state index < -0.39 is 16.6 Å². The van der Waals surface area contributed by atoms with Gasteiger partial charge in [0.15, 0.2) is 10.8 Å². The summed E-state index contributed by atoms with van der Waals surface area (Å²) in [5.41, 5.74) is -0.602. The van der Waals surface area contributed by atoms with Gasteiger partial charge < -0.3 is 5.32 Å². The number of hydrogen-bond acceptors (Lipinski definition) is 4. The second-order valence-electron chi connectivity index (χ2n) is 4.34. The first kappa shape index (κ1) is 12.5. The van der Waals surface area contributed by atoms with Gasteiger partial charge in [0, 0.05) is 18.2 Å². The molecule has 1 aromatic heterocycles. The van der Waals surface area contributed by atoms with E-state index in [1.807, 2.05) is 0 Å². The zero-order valence-corrected chi connectivity index (χ0v) is 9.91. The molecule has 1 fully saturated rings. The molecule has 17 heavy (non-hydrogen) atoms. The number of nitrogens with zero attached hydrogens (tertiary/aromatic N) is 1. The Bertz CT molecular complexity index is 435. The van der Waals surface area contributed by atoms with Crippen molar-refractivity contribution in [2.75, 3.05) is 13.1 Å². The van der Waals surface area contributed by atoms with Crippen molar-refractivity contribution in [1.29, 1.82) is 0 Å². The second kappa shape index (κ2) is 4.06. The maximum absolute atomic E-state index is 12.4. The van der Waals surface area contributed by atoms with E-state index in [1.165, 1.54) is 0 Å². The zero-order valence-electron chi connectivity index (χ0n) is 9.10. The molecule has 0 aliphatic carbocycles. The van der Waals surface area contributed by atoms with Crippen molar-refractivity contribution in [3.05, 3.63) is 16.1 Å². The molecule has 94 valence electrons. The van der Waals surface area contributed by atoms with Gasteiger partial charge in [0.25, 0.3) is 0 Å². The quantitative estimate of drug-likeness (QED) is 0.834. The molecule has 0 amide bonds. The van der Waals surface area contributed by atoms with Crippen molar-refractivity contribution in [3.8, 4) is 0 Å². The van der Waals surface area contributed by atoms with Crippen molar-refractivity contribution < 1.29 is 18.0 Å². The summed E-state index contributed by atoms with van der Waals surface area (Å²) in [4.78, 5) is 15.4. The van der Waals surface area contributed by atoms with E-state index in [0.717, 1.165) is 6.20 Å². The Labute approximate surface area is 100 Å². The smallest absolute Gasteiger partial charge is 0.316 e. The molecular formula is C10H11F3N2OS. The number of halogens is 3. The van der Waals surface area contributed by atoms with Crippen LogP contribution in [0.3, 0.4) is 0 Å². The Kier molecular flexibility index (Phi) is 2.99. The molecule has 1 aromatic rings. The van der Waals surface area contributed by atoms with Gasteiger partial charge in [-0.3, -0.25) is 4.79 Å². The number of carbonyl (C=O) groups excluding carboxylic acids is 1. The Balaban J connectivity index is 2.23. The van der Waals surface area contributed by atoms with Crippen LogP contribution in [0.4, 0.5) is 13.2 Å². The van der Waals surface area contributed by atoms with Gasteiger partial charge in [0.2, 0.25) is 0 Å². The van der Waals surface area contributed by atoms with E-state index in [2.05, 4.69) is 10.3 Å². The summed E-state index contributed by atoms with van der Waals surface area (Å²) in [6.45, 7) is 2.99. The largest absolute Gasteiger partial charge is 0.443 e. The van der Waals surface area contributed by atoms with Crippen LogP contribution in [0, 0.1) is 5.41 Å². The molecule has 1 unspecified atom stereocenters. The van der Waals surface area contributed by atoms with Gasteiger partial charge in [-0.25, -0.2) is 4.98 Å². The SMILES string of the molecule is CC1(C(=O)c2cnc(C(F)(F)F)s2)CCNC1. The molecule has 3 nitrogen and oxygen atoms in total. The maximum Gasteiger partial charge on any atom is 0.443 e. The van der Waals surface area contributed by atoms with Crippen molar-refractivity contribution in [3.63, 3.8) is 0 Å². The molecule has 2 heterocycles. The summed E-state index contributed by atoms with van der Waals surface area (Å²) >= 11 is 0.420. The lowest BCUT2D eigenvalue weighted by molar-refractivity contribution is -0.137. The summed E-state index contributed by atoms with van der Waals surface area (Å²) in [7, 11) is 0. The number of carbonyl (C=O) groups is 1. The summed E-state index contributed by atoms with van der Waals surface area (Å²) in [6.07, 6.45) is -2.80. The van der Waals surface area contributed by atoms with Crippen LogP contribution in [-0.4, -0.2) is 23.9 Å². The molecule has 1 aliphatic rings. The van der Waals surface area contributed by atoms with Gasteiger partial charge in [-0.15, -0.1) is 11.3 Å². The summed E-state index contributed by atoms with van der Waals surface area (Å²) in [5.74, 6) is -0.254. The van der Waals surface area contributed by atoms with Crippen LogP contribution in [0.2, 0.25) is 0 Å². The molecule has 2 rings (SSSR count). The molecule has 0 saturated carbocycles. The number of hydrogen-bond donors (Lipinski definition) is 1. The minimum absolute atomic E-state index is 0.0866. The lowest BCUT2D eigenvalue weighted by atomic mass is 9.84. The second-order valence-corrected chi connectivity index (χ2v) is 5.37. The Morgan fingerprint density at radius 3 is 2.76 bits per heavy atom. The lowest BCUT2D eigenvalue weighted by Gasteiger charge is -2.19. The molecule has 1 atom stereocenters. The predicted octanol–water partition coefficient (Wildman–Crippen LogP) is 2.34. The van der Waals surface area contributed by atoms with E-state index in [4.69, 9.17) is 0 Å². The molecule has 0 bridgehead atoms. The highest BCUT2D eigenvalue weighted by Gasteiger charge is 2.40. The van der Waals surface area contributed by atoms with Gasteiger partial charge in [-0.1, -0.05) is 6.92 Å². The minimum Gasteiger partial charge on any atom is -0.316 e. The number of aromatic nitrogens is 1. The number of rotatable bonds is 2. The normalized spacial score (nSPS) is 25.2. The van der Waals surface area contributed by atoms with Crippen LogP contribution >= 0.6 is 11.3 Å². The van der Waals surface area contributed by atoms with Crippen LogP contribution in [0.25, 0.3) is 0 Å². The third-order valence-electron chi connectivity index (χ3n) is 2.89. The zero-order chi connectivity index (χ0) is 12.7. The number of alkyl halides is 3. The number of ketones is 1. The van der Waals surface area contributed by atoms with Crippen LogP contribution in [0.15, 0.2) is 6.20 Å². The van der Waals surface area contributed by atoms with Gasteiger partial charge in [-0.2, -0.15) is 13.2 Å². The highest BCUT2D eigenvalue weighted by Crippen LogP contribution is 2.36. The summed E-state index contributed by atoms with van der Waals surface area (Å²) in [5, 5.41) is 2.08. The summed E-state index contributed by atoms with van der Waals surface area (Å²) < 4.78 is 37.1. The fourth-order valence-corrected chi connectivity index (χ4v) is 2.69. The molecule has 0 aromatic carbocycles. The van der Waals surface area contributed by atoms with Gasteiger partial charge >= 0.3 is 6.18 Å². The predicted molar refractivity (Wildman–Crippen MR) is 57.0 cm³/mol. The fourth-order valence-electron chi connectivity index (χ4n) is 1.82. The fraction of sp³-hybridized carbons (Fsp3) is 0.600. The molecule has 1 aliphatic heterocycles. The van der Waals surface area contributed by atoms with E-state index >= 15 is 0 Å². The van der Waals surface area contributed by atoms with E-state index in [1.54, 1.807) is 6.92 Å². The van der Waals surface area contributed by atoms with Gasteiger partial charge in [0.1, 0.15) is 0 Å². The van der Waals surface area contributed by atoms with Gasteiger partial charge in [-0.05, 0) is 13.0 Å². The average molecular weight is 264 g/mol. The van der Waals surface area contributed by atoms with Crippen molar-refractivity contribution >= 4 is 17.1 Å². The van der Waals surface area contributed by atoms with E-state index in [9.17, 15) is 18.0 Å². The standard InChI is InChI=1S/C10H11F3N2OS/c1-9(2-3-14-5-9)7(16)6-4-15-8(17-6)10(11,12)13/h4,14H,2-3,5H2,1H3. The maximum atomic E-state index is 12.4. The Morgan fingerprint density at radius 2 is 2.29 bits per heavy atom. The highest BCUT2D eigenvalue weighted by atomic mass is 32.1. The van der Waals surface area contributed by atoms with Gasteiger partial charge in [0.05, 0.1) is 4.88 Å². The first-order valence-corrected chi connectivity index (χ1v) is 5.93. The molecule has 7 heteroatoms. The monoisotopic (exact) mass is 264 g/mol. The molecule has 0 radical (unpaired) electrons. The molecule has 0 spiro atoms. The van der Waals surface area contributed by atoms with Crippen LogP contribution in [0.5, 0.6) is 0 Å². The first-order valence-electron chi connectivity index (χ1n) is 5.11. The molecular weight excluding hydrogens is 253 g/mol. The molecule has 1 saturated heterocycles. The van der Waals surface area contributed by atoms with Crippen molar-refractivity contribution in [2.45, 2.75) is 19.5 Å². The van der Waals surface area contributed by atoms with E-state index in [0.29, 0.717) is 30.8 Å². The highest BCUT2D eigenvalue weighted by molar-refractivity contribution is 7.13. The van der Waals surface area contributed by atoms with Crippen LogP contribution < -0.4 is 5.32 Å². The van der Waals surface area contributed by atoms with Crippen molar-refractivity contribution in [1.82, 2.24) is 10.3 Å². The van der Waals surface area contributed by atoms with Crippen molar-refractivity contribution in [2.24, 2.45) is 5.41 Å². The first-order chi connectivity index (χ1) is 7.83. The third-order valence-corrected chi connectivity index (χ3v) is 3.93. The summed E-state index contributed by atoms with van der Waals surface area (Å²) in [6, 6.07) is 0. The Morgan fingerprint density at radius 1 is 1.59 bits per heavy atom. The number of Topliss-reactive ketones (excluding diaryl/α,β-unsaturated/α-hetero) is 1. The molecule has 1 N–H and O–H groups in total. The van der Waals surface area contributed by atoms with Crippen LogP contribution in [0.1, 0.15) is 28.0 Å². The Hall–Kier alpha value is -0.950. The minimum atomic E-state index is -4.47.